The standard InChI is InChI=1S/C25H29ClN6O4/c1-13-9-17(15(3)30-19-5-6-20(26)31-21(19)25(28)32-34)24-18(10-13)22(33)14(2)23(36-24)16(11-27)12-29-7-8-35-4/h5-6,9-12,15,30,34H,7-8,27H2,1-4H3,(H2,28,32)/b16-11+,29-12?. The fourth-order valence-corrected chi connectivity index (χ4v) is 3.90. The van der Waals surface area contributed by atoms with Gasteiger partial charge in [0.15, 0.2) is 11.3 Å². The van der Waals surface area contributed by atoms with E-state index in [4.69, 9.17) is 37.4 Å². The van der Waals surface area contributed by atoms with E-state index in [-0.39, 0.29) is 28.2 Å². The monoisotopic (exact) mass is 512 g/mol. The van der Waals surface area contributed by atoms with E-state index in [1.807, 2.05) is 19.9 Å². The van der Waals surface area contributed by atoms with Crippen LogP contribution in [-0.2, 0) is 4.74 Å². The summed E-state index contributed by atoms with van der Waals surface area (Å²) in [5, 5.41) is 16.1. The zero-order chi connectivity index (χ0) is 26.4. The van der Waals surface area contributed by atoms with Crippen LogP contribution in [0.3, 0.4) is 0 Å². The van der Waals surface area contributed by atoms with E-state index in [1.54, 1.807) is 38.4 Å². The van der Waals surface area contributed by atoms with Crippen LogP contribution < -0.4 is 22.2 Å². The summed E-state index contributed by atoms with van der Waals surface area (Å²) in [6.07, 6.45) is 2.92. The molecule has 3 rings (SSSR count). The quantitative estimate of drug-likeness (QED) is 0.0841. The smallest absolute Gasteiger partial charge is 0.196 e. The number of aromatic nitrogens is 1. The molecule has 0 saturated heterocycles. The van der Waals surface area contributed by atoms with Gasteiger partial charge in [0.25, 0.3) is 0 Å². The summed E-state index contributed by atoms with van der Waals surface area (Å²) in [6.45, 7) is 6.38. The van der Waals surface area contributed by atoms with Crippen LogP contribution in [0.4, 0.5) is 5.69 Å². The van der Waals surface area contributed by atoms with Crippen LogP contribution in [0, 0.1) is 13.8 Å². The van der Waals surface area contributed by atoms with Gasteiger partial charge in [-0.15, -0.1) is 0 Å². The molecule has 2 heterocycles. The van der Waals surface area contributed by atoms with E-state index >= 15 is 0 Å². The average molecular weight is 513 g/mol. The molecule has 0 bridgehead atoms. The number of oxime groups is 1. The summed E-state index contributed by atoms with van der Waals surface area (Å²) in [5.41, 5.74) is 15.1. The number of halogens is 1. The average Bonchev–Trinajstić information content (AvgIpc) is 2.87. The number of nitrogens with zero attached hydrogens (tertiary/aromatic N) is 3. The van der Waals surface area contributed by atoms with Gasteiger partial charge in [-0.2, -0.15) is 0 Å². The van der Waals surface area contributed by atoms with Gasteiger partial charge >= 0.3 is 0 Å². The molecule has 0 spiro atoms. The molecular weight excluding hydrogens is 484 g/mol. The van der Waals surface area contributed by atoms with Gasteiger partial charge in [-0.1, -0.05) is 22.8 Å². The van der Waals surface area contributed by atoms with E-state index in [0.717, 1.165) is 11.1 Å². The highest BCUT2D eigenvalue weighted by molar-refractivity contribution is 6.29. The van der Waals surface area contributed by atoms with Gasteiger partial charge in [0.1, 0.15) is 22.2 Å². The van der Waals surface area contributed by atoms with Crippen LogP contribution in [0.5, 0.6) is 0 Å². The number of amidine groups is 1. The molecule has 0 fully saturated rings. The molecule has 6 N–H and O–H groups in total. The number of rotatable bonds is 9. The number of fused-ring (bicyclic) bond motifs is 1. The van der Waals surface area contributed by atoms with Gasteiger partial charge in [-0.3, -0.25) is 9.79 Å². The SMILES string of the molecule is COCCN=C/C(=C\N)c1oc2c(C(C)Nc3ccc(Cl)nc3/C(N)=N/O)cc(C)cc2c(=O)c1C. The Labute approximate surface area is 213 Å². The van der Waals surface area contributed by atoms with Crippen molar-refractivity contribution in [2.45, 2.75) is 26.8 Å². The summed E-state index contributed by atoms with van der Waals surface area (Å²) < 4.78 is 11.3. The molecule has 0 saturated carbocycles. The Bertz CT molecular complexity index is 1410. The van der Waals surface area contributed by atoms with Crippen molar-refractivity contribution < 1.29 is 14.4 Å². The number of aryl methyl sites for hydroxylation is 1. The van der Waals surface area contributed by atoms with Gasteiger partial charge < -0.3 is 31.1 Å². The Kier molecular flexibility index (Phi) is 8.68. The maximum Gasteiger partial charge on any atom is 0.196 e. The van der Waals surface area contributed by atoms with Crippen molar-refractivity contribution in [2.24, 2.45) is 21.6 Å². The summed E-state index contributed by atoms with van der Waals surface area (Å²) in [6, 6.07) is 6.60. The number of pyridine rings is 1. The van der Waals surface area contributed by atoms with E-state index in [2.05, 4.69) is 20.4 Å². The third kappa shape index (κ3) is 5.67. The Morgan fingerprint density at radius 1 is 1.36 bits per heavy atom. The fraction of sp³-hybridized carbons (Fsp3) is 0.280. The predicted molar refractivity (Wildman–Crippen MR) is 143 cm³/mol. The lowest BCUT2D eigenvalue weighted by molar-refractivity contribution is 0.208. The summed E-state index contributed by atoms with van der Waals surface area (Å²) in [7, 11) is 1.59. The second-order valence-corrected chi connectivity index (χ2v) is 8.53. The zero-order valence-corrected chi connectivity index (χ0v) is 21.3. The molecule has 0 aliphatic rings. The van der Waals surface area contributed by atoms with Gasteiger partial charge in [0.05, 0.1) is 35.8 Å². The van der Waals surface area contributed by atoms with Crippen LogP contribution in [0.1, 0.15) is 41.1 Å². The second kappa shape index (κ2) is 11.7. The predicted octanol–water partition coefficient (Wildman–Crippen LogP) is 3.74. The van der Waals surface area contributed by atoms with Crippen LogP contribution in [0.15, 0.2) is 49.8 Å². The van der Waals surface area contributed by atoms with Crippen molar-refractivity contribution in [1.82, 2.24) is 4.98 Å². The van der Waals surface area contributed by atoms with E-state index in [9.17, 15) is 4.79 Å². The zero-order valence-electron chi connectivity index (χ0n) is 20.5. The molecule has 1 atom stereocenters. The molecule has 1 unspecified atom stereocenters. The van der Waals surface area contributed by atoms with Crippen LogP contribution in [-0.4, -0.2) is 42.5 Å². The molecule has 0 amide bonds. The number of hydrogen-bond acceptors (Lipinski definition) is 9. The maximum absolute atomic E-state index is 13.4. The summed E-state index contributed by atoms with van der Waals surface area (Å²) in [4.78, 5) is 21.8. The first-order chi connectivity index (χ1) is 17.2. The number of ether oxygens (including phenoxy) is 1. The van der Waals surface area contributed by atoms with Crippen molar-refractivity contribution >= 4 is 45.9 Å². The molecule has 0 aliphatic heterocycles. The number of nitrogens with two attached hydrogens (primary N) is 2. The first-order valence-electron chi connectivity index (χ1n) is 11.1. The lowest BCUT2D eigenvalue weighted by atomic mass is 9.99. The fourth-order valence-electron chi connectivity index (χ4n) is 3.75. The Balaban J connectivity index is 2.14. The summed E-state index contributed by atoms with van der Waals surface area (Å²) in [5.74, 6) is 0.134. The lowest BCUT2D eigenvalue weighted by Crippen LogP contribution is -2.19. The van der Waals surface area contributed by atoms with Crippen molar-refractivity contribution in [2.75, 3.05) is 25.6 Å². The molecule has 10 nitrogen and oxygen atoms in total. The van der Waals surface area contributed by atoms with E-state index in [1.165, 1.54) is 6.20 Å². The second-order valence-electron chi connectivity index (χ2n) is 8.15. The van der Waals surface area contributed by atoms with Crippen LogP contribution in [0.2, 0.25) is 5.15 Å². The van der Waals surface area contributed by atoms with Gasteiger partial charge in [0.2, 0.25) is 0 Å². The lowest BCUT2D eigenvalue weighted by Gasteiger charge is -2.20. The minimum Gasteiger partial charge on any atom is -0.455 e. The molecule has 11 heteroatoms. The number of methoxy groups -OCH3 is 1. The topological polar surface area (TPSA) is 161 Å². The molecule has 1 aromatic carbocycles. The number of benzene rings is 1. The Hall–Kier alpha value is -3.89. The highest BCUT2D eigenvalue weighted by Gasteiger charge is 2.21. The van der Waals surface area contributed by atoms with Gasteiger partial charge in [-0.05, 0) is 44.5 Å². The third-order valence-electron chi connectivity index (χ3n) is 5.54. The molecule has 36 heavy (non-hydrogen) atoms. The van der Waals surface area contributed by atoms with Crippen molar-refractivity contribution in [3.8, 4) is 0 Å². The summed E-state index contributed by atoms with van der Waals surface area (Å²) >= 11 is 6.00. The molecule has 3 aromatic rings. The Morgan fingerprint density at radius 2 is 2.11 bits per heavy atom. The number of nitrogens with one attached hydrogen (secondary N) is 1. The minimum absolute atomic E-state index is 0.168. The van der Waals surface area contributed by atoms with E-state index in [0.29, 0.717) is 46.7 Å². The van der Waals surface area contributed by atoms with Crippen LogP contribution >= 0.6 is 11.6 Å². The van der Waals surface area contributed by atoms with Crippen molar-refractivity contribution in [3.05, 3.63) is 74.0 Å². The van der Waals surface area contributed by atoms with Gasteiger partial charge in [0, 0.05) is 30.7 Å². The van der Waals surface area contributed by atoms with Crippen molar-refractivity contribution in [3.63, 3.8) is 0 Å². The first-order valence-corrected chi connectivity index (χ1v) is 11.5. The normalized spacial score (nSPS) is 13.5. The van der Waals surface area contributed by atoms with E-state index < -0.39 is 0 Å². The maximum atomic E-state index is 13.4. The first kappa shape index (κ1) is 26.7. The number of hydrogen-bond donors (Lipinski definition) is 4. The van der Waals surface area contributed by atoms with Gasteiger partial charge in [-0.25, -0.2) is 4.98 Å². The third-order valence-corrected chi connectivity index (χ3v) is 5.75. The van der Waals surface area contributed by atoms with Crippen molar-refractivity contribution in [1.29, 1.82) is 0 Å². The highest BCUT2D eigenvalue weighted by atomic mass is 35.5. The molecular formula is C25H29ClN6O4. The number of allylic oxidation sites excluding steroid dienone is 1. The minimum atomic E-state index is -0.375. The molecule has 0 aliphatic carbocycles. The molecule has 190 valence electrons. The number of aliphatic imine (C=N–C) groups is 1. The highest BCUT2D eigenvalue weighted by Crippen LogP contribution is 2.31. The molecule has 2 aromatic heterocycles. The number of anilines is 1. The van der Waals surface area contributed by atoms with Crippen LogP contribution in [0.25, 0.3) is 16.5 Å². The Morgan fingerprint density at radius 3 is 2.78 bits per heavy atom. The largest absolute Gasteiger partial charge is 0.455 e. The molecule has 0 radical (unpaired) electrons.